The number of para-hydroxylation sites is 1. The molecule has 0 aliphatic heterocycles. The Bertz CT molecular complexity index is 585. The molecule has 7 heteroatoms. The monoisotopic (exact) mass is 294 g/mol. The molecule has 7 nitrogen and oxygen atoms in total. The quantitative estimate of drug-likeness (QED) is 0.617. The van der Waals surface area contributed by atoms with Gasteiger partial charge in [0.05, 0.1) is 4.92 Å². The molecule has 0 aliphatic rings. The molecule has 1 rings (SSSR count). The van der Waals surface area contributed by atoms with Crippen molar-refractivity contribution in [3.05, 3.63) is 39.4 Å². The summed E-state index contributed by atoms with van der Waals surface area (Å²) in [5, 5.41) is 22.7. The van der Waals surface area contributed by atoms with E-state index in [9.17, 15) is 24.8 Å². The van der Waals surface area contributed by atoms with E-state index in [1.54, 1.807) is 6.92 Å². The van der Waals surface area contributed by atoms with Gasteiger partial charge < -0.3 is 10.4 Å². The molecular weight excluding hydrogens is 276 g/mol. The van der Waals surface area contributed by atoms with Gasteiger partial charge in [0.1, 0.15) is 11.1 Å². The van der Waals surface area contributed by atoms with Crippen molar-refractivity contribution in [3.8, 4) is 0 Å². The smallest absolute Gasteiger partial charge is 0.329 e. The summed E-state index contributed by atoms with van der Waals surface area (Å²) in [6.45, 7) is 4.71. The highest BCUT2D eigenvalue weighted by atomic mass is 16.6. The van der Waals surface area contributed by atoms with E-state index < -0.39 is 22.3 Å². The second kappa shape index (κ2) is 6.34. The molecule has 0 heterocycles. The Morgan fingerprint density at radius 1 is 1.43 bits per heavy atom. The normalized spacial score (nSPS) is 13.3. The molecule has 0 bridgehead atoms. The summed E-state index contributed by atoms with van der Waals surface area (Å²) < 4.78 is 0. The van der Waals surface area contributed by atoms with Crippen LogP contribution in [0.4, 0.5) is 5.69 Å². The number of carboxylic acids is 1. The largest absolute Gasteiger partial charge is 0.480 e. The minimum atomic E-state index is -1.45. The molecule has 0 aromatic heterocycles. The van der Waals surface area contributed by atoms with Crippen LogP contribution in [0.3, 0.4) is 0 Å². The van der Waals surface area contributed by atoms with Crippen LogP contribution in [0.5, 0.6) is 0 Å². The van der Waals surface area contributed by atoms with Gasteiger partial charge in [-0.3, -0.25) is 14.9 Å². The van der Waals surface area contributed by atoms with E-state index in [2.05, 4.69) is 5.32 Å². The van der Waals surface area contributed by atoms with Gasteiger partial charge in [-0.15, -0.1) is 0 Å². The van der Waals surface area contributed by atoms with Crippen LogP contribution in [0.15, 0.2) is 18.2 Å². The summed E-state index contributed by atoms with van der Waals surface area (Å²) >= 11 is 0. The molecule has 0 radical (unpaired) electrons. The number of carboxylic acid groups (broad SMARTS) is 1. The highest BCUT2D eigenvalue weighted by Crippen LogP contribution is 2.24. The predicted octanol–water partition coefficient (Wildman–Crippen LogP) is 2.28. The van der Waals surface area contributed by atoms with Gasteiger partial charge in [-0.2, -0.15) is 0 Å². The van der Waals surface area contributed by atoms with Crippen LogP contribution in [0, 0.1) is 17.0 Å². The van der Waals surface area contributed by atoms with E-state index >= 15 is 0 Å². The van der Waals surface area contributed by atoms with E-state index in [-0.39, 0.29) is 17.7 Å². The van der Waals surface area contributed by atoms with Crippen molar-refractivity contribution in [1.82, 2.24) is 5.32 Å². The molecule has 0 saturated heterocycles. The van der Waals surface area contributed by atoms with Gasteiger partial charge in [-0.05, 0) is 26.3 Å². The molecule has 0 saturated carbocycles. The summed E-state index contributed by atoms with van der Waals surface area (Å²) in [5.74, 6) is -1.93. The van der Waals surface area contributed by atoms with E-state index in [4.69, 9.17) is 0 Å². The third-order valence-corrected chi connectivity index (χ3v) is 3.28. The van der Waals surface area contributed by atoms with E-state index in [1.165, 1.54) is 32.0 Å². The van der Waals surface area contributed by atoms with E-state index in [0.717, 1.165) is 0 Å². The maximum atomic E-state index is 12.2. The first-order valence-corrected chi connectivity index (χ1v) is 6.53. The van der Waals surface area contributed by atoms with Crippen LogP contribution in [-0.2, 0) is 4.79 Å². The number of aliphatic carboxylic acids is 1. The Kier molecular flexibility index (Phi) is 5.02. The second-order valence-corrected chi connectivity index (χ2v) is 5.07. The summed E-state index contributed by atoms with van der Waals surface area (Å²) in [7, 11) is 0. The third-order valence-electron chi connectivity index (χ3n) is 3.28. The van der Waals surface area contributed by atoms with Gasteiger partial charge in [0, 0.05) is 5.56 Å². The van der Waals surface area contributed by atoms with Crippen molar-refractivity contribution in [2.75, 3.05) is 0 Å². The number of amides is 1. The molecule has 1 amide bonds. The molecule has 1 atom stereocenters. The average molecular weight is 294 g/mol. The number of carbonyl (C=O) groups excluding carboxylic acids is 1. The first-order chi connectivity index (χ1) is 9.73. The Morgan fingerprint density at radius 3 is 2.52 bits per heavy atom. The van der Waals surface area contributed by atoms with Crippen molar-refractivity contribution in [1.29, 1.82) is 0 Å². The molecule has 0 fully saturated rings. The summed E-state index contributed by atoms with van der Waals surface area (Å²) in [5.41, 5.74) is -1.55. The first-order valence-electron chi connectivity index (χ1n) is 6.53. The van der Waals surface area contributed by atoms with Gasteiger partial charge in [0.25, 0.3) is 11.6 Å². The molecule has 0 aliphatic carbocycles. The Hall–Kier alpha value is -2.44. The third kappa shape index (κ3) is 3.56. The van der Waals surface area contributed by atoms with Crippen LogP contribution >= 0.6 is 0 Å². The molecule has 2 N–H and O–H groups in total. The zero-order chi connectivity index (χ0) is 16.2. The van der Waals surface area contributed by atoms with Crippen molar-refractivity contribution >= 4 is 17.6 Å². The summed E-state index contributed by atoms with van der Waals surface area (Å²) in [6.07, 6.45) is 0.784. The van der Waals surface area contributed by atoms with Crippen molar-refractivity contribution in [2.24, 2.45) is 0 Å². The van der Waals surface area contributed by atoms with Crippen molar-refractivity contribution in [2.45, 2.75) is 39.2 Å². The van der Waals surface area contributed by atoms with Crippen molar-refractivity contribution < 1.29 is 19.6 Å². The number of nitrogens with one attached hydrogen (secondary N) is 1. The van der Waals surface area contributed by atoms with Crippen LogP contribution in [0.2, 0.25) is 0 Å². The fraction of sp³-hybridized carbons (Fsp3) is 0.429. The summed E-state index contributed by atoms with van der Waals surface area (Å²) in [4.78, 5) is 34.0. The van der Waals surface area contributed by atoms with Gasteiger partial charge in [-0.1, -0.05) is 25.5 Å². The predicted molar refractivity (Wildman–Crippen MR) is 76.2 cm³/mol. The van der Waals surface area contributed by atoms with E-state index in [0.29, 0.717) is 12.0 Å². The second-order valence-electron chi connectivity index (χ2n) is 5.07. The van der Waals surface area contributed by atoms with E-state index in [1.807, 2.05) is 0 Å². The zero-order valence-corrected chi connectivity index (χ0v) is 12.2. The fourth-order valence-electron chi connectivity index (χ4n) is 2.13. The number of nitro groups is 1. The molecule has 1 unspecified atom stereocenters. The minimum Gasteiger partial charge on any atom is -0.480 e. The fourth-order valence-corrected chi connectivity index (χ4v) is 2.13. The van der Waals surface area contributed by atoms with Crippen LogP contribution < -0.4 is 5.32 Å². The number of rotatable bonds is 6. The van der Waals surface area contributed by atoms with Crippen LogP contribution in [0.25, 0.3) is 0 Å². The van der Waals surface area contributed by atoms with Crippen molar-refractivity contribution in [3.63, 3.8) is 0 Å². The molecule has 0 spiro atoms. The average Bonchev–Trinajstić information content (AvgIpc) is 2.37. The molecular formula is C14H18N2O5. The number of hydrogen-bond acceptors (Lipinski definition) is 4. The van der Waals surface area contributed by atoms with Gasteiger partial charge in [0.2, 0.25) is 0 Å². The van der Waals surface area contributed by atoms with Crippen LogP contribution in [0.1, 0.15) is 42.6 Å². The summed E-state index contributed by atoms with van der Waals surface area (Å²) in [6, 6.07) is 4.36. The van der Waals surface area contributed by atoms with Gasteiger partial charge in [-0.25, -0.2) is 4.79 Å². The van der Waals surface area contributed by atoms with Gasteiger partial charge in [0.15, 0.2) is 0 Å². The molecule has 1 aromatic rings. The number of aryl methyl sites for hydroxylation is 1. The lowest BCUT2D eigenvalue weighted by atomic mass is 9.95. The lowest BCUT2D eigenvalue weighted by molar-refractivity contribution is -0.385. The SMILES string of the molecule is CCCC(C)(NC(=O)c1cccc(C)c1[N+](=O)[O-])C(=O)O. The van der Waals surface area contributed by atoms with Gasteiger partial charge >= 0.3 is 5.97 Å². The first kappa shape index (κ1) is 16.6. The Morgan fingerprint density at radius 2 is 2.05 bits per heavy atom. The lowest BCUT2D eigenvalue weighted by Crippen LogP contribution is -2.52. The number of nitrogens with zero attached hydrogens (tertiary/aromatic N) is 1. The number of benzene rings is 1. The standard InChI is InChI=1S/C14H18N2O5/c1-4-8-14(3,13(18)19)15-12(17)10-7-5-6-9(2)11(10)16(20)21/h5-7H,4,8H2,1-3H3,(H,15,17)(H,18,19). The number of hydrogen-bond donors (Lipinski definition) is 2. The Balaban J connectivity index is 3.18. The number of carbonyl (C=O) groups is 2. The van der Waals surface area contributed by atoms with Crippen LogP contribution in [-0.4, -0.2) is 27.4 Å². The highest BCUT2D eigenvalue weighted by Gasteiger charge is 2.35. The topological polar surface area (TPSA) is 110 Å². The maximum absolute atomic E-state index is 12.2. The zero-order valence-electron chi connectivity index (χ0n) is 12.2. The lowest BCUT2D eigenvalue weighted by Gasteiger charge is -2.25. The Labute approximate surface area is 122 Å². The maximum Gasteiger partial charge on any atom is 0.329 e. The molecule has 114 valence electrons. The number of nitro benzene ring substituents is 1. The molecule has 21 heavy (non-hydrogen) atoms. The molecule has 1 aromatic carbocycles. The minimum absolute atomic E-state index is 0.136. The highest BCUT2D eigenvalue weighted by molar-refractivity contribution is 6.01.